The van der Waals surface area contributed by atoms with E-state index < -0.39 is 0 Å². The van der Waals surface area contributed by atoms with Gasteiger partial charge in [0, 0.05) is 13.3 Å². The summed E-state index contributed by atoms with van der Waals surface area (Å²) in [5.41, 5.74) is 2.47. The van der Waals surface area contributed by atoms with Crippen LogP contribution in [-0.4, -0.2) is 0 Å². The van der Waals surface area contributed by atoms with Crippen molar-refractivity contribution in [2.24, 2.45) is 0 Å². The highest BCUT2D eigenvalue weighted by Crippen LogP contribution is 1.99. The van der Waals surface area contributed by atoms with Crippen LogP contribution in [0, 0.1) is 13.8 Å². The van der Waals surface area contributed by atoms with Gasteiger partial charge in [-0.3, -0.25) is 0 Å². The molecular formula is C8H14NO+. The van der Waals surface area contributed by atoms with Crippen LogP contribution in [0.1, 0.15) is 24.6 Å². The second-order valence-electron chi connectivity index (χ2n) is 2.59. The summed E-state index contributed by atoms with van der Waals surface area (Å²) in [6.45, 7) is 7.27. The molecule has 0 atom stereocenters. The van der Waals surface area contributed by atoms with Gasteiger partial charge in [0.2, 0.25) is 5.69 Å². The average Bonchev–Trinajstić information content (AvgIpc) is 2.20. The van der Waals surface area contributed by atoms with E-state index in [1.54, 1.807) is 6.26 Å². The quantitative estimate of drug-likeness (QED) is 0.570. The van der Waals surface area contributed by atoms with E-state index in [2.05, 4.69) is 20.8 Å². The third-order valence-corrected chi connectivity index (χ3v) is 1.73. The van der Waals surface area contributed by atoms with Gasteiger partial charge in [0.1, 0.15) is 0 Å². The summed E-state index contributed by atoms with van der Waals surface area (Å²) >= 11 is 0. The monoisotopic (exact) mass is 140 g/mol. The van der Waals surface area contributed by atoms with E-state index in [9.17, 15) is 0 Å². The number of rotatable bonds is 2. The Morgan fingerprint density at radius 3 is 2.60 bits per heavy atom. The maximum atomic E-state index is 5.25. The molecule has 1 heterocycles. The van der Waals surface area contributed by atoms with Crippen LogP contribution in [0.3, 0.4) is 0 Å². The summed E-state index contributed by atoms with van der Waals surface area (Å²) in [5, 5.41) is 0. The van der Waals surface area contributed by atoms with Crippen molar-refractivity contribution >= 4 is 0 Å². The topological polar surface area (TPSA) is 17.0 Å². The Kier molecular flexibility index (Phi) is 2.10. The first kappa shape index (κ1) is 7.32. The highest BCUT2D eigenvalue weighted by Gasteiger charge is 2.11. The predicted octanol–water partition coefficient (Wildman–Crippen LogP) is 1.59. The molecule has 0 aromatic carbocycles. The molecule has 0 radical (unpaired) electrons. The Morgan fingerprint density at radius 1 is 1.50 bits per heavy atom. The van der Waals surface area contributed by atoms with Crippen LogP contribution >= 0.6 is 0 Å². The Labute approximate surface area is 61.4 Å². The van der Waals surface area contributed by atoms with Gasteiger partial charge in [0.15, 0.2) is 12.8 Å². The Bertz CT molecular complexity index is 215. The highest BCUT2D eigenvalue weighted by atomic mass is 16.5. The molecule has 0 bridgehead atoms. The van der Waals surface area contributed by atoms with Gasteiger partial charge >= 0.3 is 0 Å². The minimum Gasteiger partial charge on any atom is -0.244 e. The summed E-state index contributed by atoms with van der Waals surface area (Å²) in [6.07, 6.45) is 2.92. The molecule has 1 aromatic heterocycles. The summed E-state index contributed by atoms with van der Waals surface area (Å²) in [6, 6.07) is 0. The lowest BCUT2D eigenvalue weighted by Gasteiger charge is -1.85. The summed E-state index contributed by atoms with van der Waals surface area (Å²) < 4.78 is 7.18. The van der Waals surface area contributed by atoms with E-state index in [4.69, 9.17) is 4.52 Å². The molecule has 0 aliphatic rings. The SMILES string of the molecule is CCC[n+]1occ(C)c1C. The first-order chi connectivity index (χ1) is 4.75. The van der Waals surface area contributed by atoms with Crippen LogP contribution in [0.15, 0.2) is 10.8 Å². The van der Waals surface area contributed by atoms with Gasteiger partial charge in [0.05, 0.1) is 5.56 Å². The molecule has 56 valence electrons. The van der Waals surface area contributed by atoms with Crippen LogP contribution in [0.4, 0.5) is 0 Å². The van der Waals surface area contributed by atoms with Gasteiger partial charge in [-0.25, -0.2) is 4.52 Å². The minimum absolute atomic E-state index is 0.986. The molecule has 0 aliphatic carbocycles. The van der Waals surface area contributed by atoms with E-state index >= 15 is 0 Å². The third-order valence-electron chi connectivity index (χ3n) is 1.73. The molecule has 1 aromatic rings. The molecule has 0 saturated heterocycles. The Morgan fingerprint density at radius 2 is 2.20 bits per heavy atom. The number of aryl methyl sites for hydroxylation is 2. The first-order valence-corrected chi connectivity index (χ1v) is 3.70. The average molecular weight is 140 g/mol. The van der Waals surface area contributed by atoms with Gasteiger partial charge < -0.3 is 0 Å². The lowest BCUT2D eigenvalue weighted by atomic mass is 10.3. The molecule has 0 N–H and O–H groups in total. The molecule has 0 aliphatic heterocycles. The predicted molar refractivity (Wildman–Crippen MR) is 38.7 cm³/mol. The fourth-order valence-corrected chi connectivity index (χ4v) is 0.927. The molecule has 10 heavy (non-hydrogen) atoms. The van der Waals surface area contributed by atoms with Gasteiger partial charge in [-0.1, -0.05) is 6.92 Å². The van der Waals surface area contributed by atoms with Gasteiger partial charge in [-0.15, -0.1) is 0 Å². The van der Waals surface area contributed by atoms with Gasteiger partial charge in [-0.05, 0) is 11.7 Å². The Hall–Kier alpha value is -0.790. The number of nitrogens with zero attached hydrogens (tertiary/aromatic N) is 1. The zero-order valence-electron chi connectivity index (χ0n) is 6.85. The third kappa shape index (κ3) is 1.20. The van der Waals surface area contributed by atoms with Crippen molar-refractivity contribution in [2.75, 3.05) is 0 Å². The lowest BCUT2D eigenvalue weighted by Crippen LogP contribution is -2.33. The molecule has 0 fully saturated rings. The van der Waals surface area contributed by atoms with Crippen molar-refractivity contribution in [3.8, 4) is 0 Å². The maximum Gasteiger partial charge on any atom is 0.231 e. The van der Waals surface area contributed by atoms with Gasteiger partial charge in [-0.2, -0.15) is 0 Å². The van der Waals surface area contributed by atoms with E-state index in [1.165, 1.54) is 11.3 Å². The zero-order valence-corrected chi connectivity index (χ0v) is 6.85. The fourth-order valence-electron chi connectivity index (χ4n) is 0.927. The standard InChI is InChI=1S/C8H14NO/c1-4-5-9-8(3)7(2)6-10-9/h6H,4-5H2,1-3H3/q+1. The van der Waals surface area contributed by atoms with E-state index in [1.807, 2.05) is 4.74 Å². The van der Waals surface area contributed by atoms with Crippen LogP contribution in [0.5, 0.6) is 0 Å². The first-order valence-electron chi connectivity index (χ1n) is 3.70. The molecule has 0 saturated carbocycles. The second kappa shape index (κ2) is 2.86. The number of hydrogen-bond acceptors (Lipinski definition) is 1. The van der Waals surface area contributed by atoms with Crippen molar-refractivity contribution in [3.05, 3.63) is 17.5 Å². The van der Waals surface area contributed by atoms with E-state index in [0.29, 0.717) is 0 Å². The summed E-state index contributed by atoms with van der Waals surface area (Å²) in [4.78, 5) is 0. The van der Waals surface area contributed by atoms with E-state index in [-0.39, 0.29) is 0 Å². The lowest BCUT2D eigenvalue weighted by molar-refractivity contribution is -0.868. The van der Waals surface area contributed by atoms with E-state index in [0.717, 1.165) is 13.0 Å². The molecule has 0 spiro atoms. The minimum atomic E-state index is 0.986. The van der Waals surface area contributed by atoms with Crippen LogP contribution in [0.2, 0.25) is 0 Å². The summed E-state index contributed by atoms with van der Waals surface area (Å²) in [5.74, 6) is 0. The zero-order chi connectivity index (χ0) is 7.56. The normalized spacial score (nSPS) is 10.3. The van der Waals surface area contributed by atoms with Crippen molar-refractivity contribution in [1.82, 2.24) is 0 Å². The molecule has 2 heteroatoms. The van der Waals surface area contributed by atoms with Crippen LogP contribution < -0.4 is 4.74 Å². The van der Waals surface area contributed by atoms with Crippen molar-refractivity contribution in [3.63, 3.8) is 0 Å². The largest absolute Gasteiger partial charge is 0.244 e. The fraction of sp³-hybridized carbons (Fsp3) is 0.625. The highest BCUT2D eigenvalue weighted by molar-refractivity contribution is 5.04. The number of aromatic nitrogens is 1. The van der Waals surface area contributed by atoms with Crippen molar-refractivity contribution in [2.45, 2.75) is 33.7 Å². The van der Waals surface area contributed by atoms with Crippen molar-refractivity contribution < 1.29 is 9.26 Å². The van der Waals surface area contributed by atoms with Crippen molar-refractivity contribution in [1.29, 1.82) is 0 Å². The number of hydrogen-bond donors (Lipinski definition) is 0. The molecule has 1 rings (SSSR count). The Balaban J connectivity index is 2.83. The second-order valence-corrected chi connectivity index (χ2v) is 2.59. The molecule has 0 amide bonds. The van der Waals surface area contributed by atoms with Crippen LogP contribution in [0.25, 0.3) is 0 Å². The summed E-state index contributed by atoms with van der Waals surface area (Å²) in [7, 11) is 0. The maximum absolute atomic E-state index is 5.25. The molecule has 2 nitrogen and oxygen atoms in total. The smallest absolute Gasteiger partial charge is 0.231 e. The molecule has 0 unspecified atom stereocenters. The van der Waals surface area contributed by atoms with Crippen LogP contribution in [-0.2, 0) is 6.54 Å². The molecular weight excluding hydrogens is 126 g/mol. The van der Waals surface area contributed by atoms with Gasteiger partial charge in [0.25, 0.3) is 0 Å².